The number of sulfonamides is 1. The highest BCUT2D eigenvalue weighted by Crippen LogP contribution is 2.18. The van der Waals surface area contributed by atoms with Gasteiger partial charge in [0.15, 0.2) is 0 Å². The first kappa shape index (κ1) is 14.3. The highest BCUT2D eigenvalue weighted by molar-refractivity contribution is 7.89. The quantitative estimate of drug-likeness (QED) is 0.864. The predicted octanol–water partition coefficient (Wildman–Crippen LogP) is 0.971. The van der Waals surface area contributed by atoms with Crippen LogP contribution in [0.3, 0.4) is 0 Å². The first-order valence-corrected chi connectivity index (χ1v) is 7.88. The lowest BCUT2D eigenvalue weighted by Crippen LogP contribution is -2.50. The second kappa shape index (κ2) is 5.90. The van der Waals surface area contributed by atoms with Crippen molar-refractivity contribution in [1.82, 2.24) is 10.0 Å². The van der Waals surface area contributed by atoms with E-state index in [1.54, 1.807) is 31.4 Å². The van der Waals surface area contributed by atoms with Gasteiger partial charge in [-0.1, -0.05) is 6.92 Å². The third kappa shape index (κ3) is 3.46. The van der Waals surface area contributed by atoms with Crippen LogP contribution in [0.15, 0.2) is 29.2 Å². The van der Waals surface area contributed by atoms with Crippen LogP contribution in [-0.2, 0) is 10.0 Å². The minimum Gasteiger partial charge on any atom is -0.497 e. The van der Waals surface area contributed by atoms with Gasteiger partial charge in [0.1, 0.15) is 5.75 Å². The molecule has 6 heteroatoms. The molecule has 0 spiro atoms. The van der Waals surface area contributed by atoms with Crippen molar-refractivity contribution in [1.29, 1.82) is 0 Å². The summed E-state index contributed by atoms with van der Waals surface area (Å²) in [5.74, 6) is 0.987. The van der Waals surface area contributed by atoms with Gasteiger partial charge in [0.25, 0.3) is 0 Å². The number of nitrogens with one attached hydrogen (secondary N) is 2. The summed E-state index contributed by atoms with van der Waals surface area (Å²) in [6, 6.07) is 6.36. The Balaban J connectivity index is 2.12. The molecule has 1 fully saturated rings. The lowest BCUT2D eigenvalue weighted by Gasteiger charge is -2.29. The van der Waals surface area contributed by atoms with Crippen molar-refractivity contribution < 1.29 is 13.2 Å². The molecule has 0 aliphatic carbocycles. The molecule has 2 rings (SSSR count). The van der Waals surface area contributed by atoms with Gasteiger partial charge in [0.2, 0.25) is 10.0 Å². The van der Waals surface area contributed by atoms with Crippen LogP contribution >= 0.6 is 0 Å². The van der Waals surface area contributed by atoms with Gasteiger partial charge in [-0.3, -0.25) is 0 Å². The Morgan fingerprint density at radius 3 is 2.58 bits per heavy atom. The van der Waals surface area contributed by atoms with E-state index in [4.69, 9.17) is 4.74 Å². The normalized spacial score (nSPS) is 24.1. The van der Waals surface area contributed by atoms with Crippen molar-refractivity contribution >= 4 is 10.0 Å². The topological polar surface area (TPSA) is 67.4 Å². The van der Waals surface area contributed by atoms with Gasteiger partial charge in [0.05, 0.1) is 12.0 Å². The molecular formula is C13H20N2O3S. The molecule has 0 aromatic heterocycles. The first-order valence-electron chi connectivity index (χ1n) is 6.40. The van der Waals surface area contributed by atoms with Gasteiger partial charge in [-0.25, -0.2) is 13.1 Å². The van der Waals surface area contributed by atoms with Crippen LogP contribution in [0, 0.1) is 5.92 Å². The molecule has 1 aromatic carbocycles. The molecule has 2 atom stereocenters. The third-order valence-electron chi connectivity index (χ3n) is 3.50. The highest BCUT2D eigenvalue weighted by atomic mass is 32.2. The zero-order valence-electron chi connectivity index (χ0n) is 11.2. The van der Waals surface area contributed by atoms with Crippen molar-refractivity contribution in [3.8, 4) is 5.75 Å². The molecule has 19 heavy (non-hydrogen) atoms. The van der Waals surface area contributed by atoms with Crippen molar-refractivity contribution in [2.45, 2.75) is 24.3 Å². The summed E-state index contributed by atoms with van der Waals surface area (Å²) in [6.45, 7) is 3.69. The summed E-state index contributed by atoms with van der Waals surface area (Å²) in [7, 11) is -1.91. The van der Waals surface area contributed by atoms with E-state index in [0.29, 0.717) is 18.2 Å². The number of ether oxygens (including phenoxy) is 1. The Labute approximate surface area is 114 Å². The summed E-state index contributed by atoms with van der Waals surface area (Å²) in [5.41, 5.74) is 0. The molecule has 1 saturated heterocycles. The lowest BCUT2D eigenvalue weighted by atomic mass is 9.96. The van der Waals surface area contributed by atoms with E-state index in [9.17, 15) is 8.42 Å². The molecule has 1 aromatic rings. The molecule has 5 nitrogen and oxygen atoms in total. The molecule has 1 aliphatic heterocycles. The minimum atomic E-state index is -3.46. The van der Waals surface area contributed by atoms with E-state index < -0.39 is 10.0 Å². The Morgan fingerprint density at radius 2 is 2.00 bits per heavy atom. The highest BCUT2D eigenvalue weighted by Gasteiger charge is 2.26. The van der Waals surface area contributed by atoms with E-state index in [1.807, 2.05) is 0 Å². The van der Waals surface area contributed by atoms with Crippen molar-refractivity contribution in [2.24, 2.45) is 5.92 Å². The molecule has 0 radical (unpaired) electrons. The summed E-state index contributed by atoms with van der Waals surface area (Å²) >= 11 is 0. The molecule has 1 heterocycles. The average Bonchev–Trinajstić information content (AvgIpc) is 2.41. The van der Waals surface area contributed by atoms with Gasteiger partial charge >= 0.3 is 0 Å². The lowest BCUT2D eigenvalue weighted by molar-refractivity contribution is 0.327. The molecule has 0 amide bonds. The monoisotopic (exact) mass is 284 g/mol. The Kier molecular flexibility index (Phi) is 4.44. The predicted molar refractivity (Wildman–Crippen MR) is 73.8 cm³/mol. The number of hydrogen-bond donors (Lipinski definition) is 2. The summed E-state index contributed by atoms with van der Waals surface area (Å²) in [6.07, 6.45) is 0.982. The molecular weight excluding hydrogens is 264 g/mol. The van der Waals surface area contributed by atoms with Gasteiger partial charge in [-0.2, -0.15) is 0 Å². The molecule has 0 unspecified atom stereocenters. The van der Waals surface area contributed by atoms with Gasteiger partial charge < -0.3 is 10.1 Å². The number of methoxy groups -OCH3 is 1. The van der Waals surface area contributed by atoms with Crippen LogP contribution in [0.25, 0.3) is 0 Å². The number of rotatable bonds is 4. The number of benzene rings is 1. The summed E-state index contributed by atoms with van der Waals surface area (Å²) in [5, 5.41) is 3.21. The Hall–Kier alpha value is -1.11. The second-order valence-corrected chi connectivity index (χ2v) is 6.59. The van der Waals surface area contributed by atoms with Gasteiger partial charge in [0, 0.05) is 12.6 Å². The fraction of sp³-hybridized carbons (Fsp3) is 0.538. The van der Waals surface area contributed by atoms with E-state index in [1.165, 1.54) is 0 Å². The maximum absolute atomic E-state index is 12.3. The fourth-order valence-electron chi connectivity index (χ4n) is 2.17. The molecule has 0 saturated carbocycles. The smallest absolute Gasteiger partial charge is 0.240 e. The Morgan fingerprint density at radius 1 is 1.32 bits per heavy atom. The van der Waals surface area contributed by atoms with Crippen molar-refractivity contribution in [3.63, 3.8) is 0 Å². The van der Waals surface area contributed by atoms with Crippen molar-refractivity contribution in [3.05, 3.63) is 24.3 Å². The average molecular weight is 284 g/mol. The molecule has 106 valence electrons. The van der Waals surface area contributed by atoms with Crippen LogP contribution in [0.5, 0.6) is 5.75 Å². The van der Waals surface area contributed by atoms with E-state index >= 15 is 0 Å². The molecule has 0 bridgehead atoms. The number of hydrogen-bond acceptors (Lipinski definition) is 4. The molecule has 2 N–H and O–H groups in total. The maximum Gasteiger partial charge on any atom is 0.240 e. The fourth-order valence-corrected chi connectivity index (χ4v) is 3.51. The zero-order valence-corrected chi connectivity index (χ0v) is 12.0. The first-order chi connectivity index (χ1) is 9.03. The van der Waals surface area contributed by atoms with Gasteiger partial charge in [-0.15, -0.1) is 0 Å². The minimum absolute atomic E-state index is 0.0548. The van der Waals surface area contributed by atoms with E-state index in [2.05, 4.69) is 17.0 Å². The zero-order chi connectivity index (χ0) is 13.9. The van der Waals surface area contributed by atoms with Crippen LogP contribution in [0.1, 0.15) is 13.3 Å². The van der Waals surface area contributed by atoms with E-state index in [0.717, 1.165) is 13.0 Å². The maximum atomic E-state index is 12.3. The van der Waals surface area contributed by atoms with Crippen LogP contribution < -0.4 is 14.8 Å². The standard InChI is InChI=1S/C13H20N2O3S/c1-10-7-8-14-9-13(10)15-19(16,17)12-5-3-11(18-2)4-6-12/h3-6,10,13-15H,7-9H2,1-2H3/t10-,13-/m1/s1. The van der Waals surface area contributed by atoms with Gasteiger partial charge in [-0.05, 0) is 43.1 Å². The van der Waals surface area contributed by atoms with Crippen LogP contribution in [0.4, 0.5) is 0 Å². The van der Waals surface area contributed by atoms with Crippen molar-refractivity contribution in [2.75, 3.05) is 20.2 Å². The number of piperidine rings is 1. The summed E-state index contributed by atoms with van der Waals surface area (Å²) < 4.78 is 32.3. The summed E-state index contributed by atoms with van der Waals surface area (Å²) in [4.78, 5) is 0.270. The largest absolute Gasteiger partial charge is 0.497 e. The van der Waals surface area contributed by atoms with Crippen LogP contribution in [0.2, 0.25) is 0 Å². The van der Waals surface area contributed by atoms with Crippen LogP contribution in [-0.4, -0.2) is 34.7 Å². The second-order valence-electron chi connectivity index (χ2n) is 4.87. The Bertz CT molecular complexity index is 513. The van der Waals surface area contributed by atoms with E-state index in [-0.39, 0.29) is 10.9 Å². The third-order valence-corrected chi connectivity index (χ3v) is 5.01. The molecule has 1 aliphatic rings. The SMILES string of the molecule is COc1ccc(S(=O)(=O)N[C@@H]2CNCC[C@H]2C)cc1.